The van der Waals surface area contributed by atoms with Gasteiger partial charge < -0.3 is 10.3 Å². The van der Waals surface area contributed by atoms with E-state index in [2.05, 4.69) is 16.4 Å². The van der Waals surface area contributed by atoms with E-state index < -0.39 is 0 Å². The van der Waals surface area contributed by atoms with Gasteiger partial charge >= 0.3 is 0 Å². The van der Waals surface area contributed by atoms with Crippen molar-refractivity contribution in [2.24, 2.45) is 0 Å². The van der Waals surface area contributed by atoms with Gasteiger partial charge in [0.25, 0.3) is 0 Å². The standard InChI is InChI=1S/C13H14N2O/c16-13-5-6-14-7-11(13)10-8-15-12-4-2-1-3-9(10)12/h1-4,8,11,14-15H,5-7H2. The molecule has 1 aliphatic heterocycles. The predicted octanol–water partition coefficient (Wildman–Crippen LogP) is 1.81. The van der Waals surface area contributed by atoms with E-state index in [1.54, 1.807) is 0 Å². The van der Waals surface area contributed by atoms with Gasteiger partial charge in [-0.3, -0.25) is 4.79 Å². The second kappa shape index (κ2) is 3.76. The number of fused-ring (bicyclic) bond motifs is 1. The summed E-state index contributed by atoms with van der Waals surface area (Å²) in [5, 5.41) is 4.45. The fourth-order valence-corrected chi connectivity index (χ4v) is 2.41. The van der Waals surface area contributed by atoms with Crippen molar-refractivity contribution in [3.63, 3.8) is 0 Å². The van der Waals surface area contributed by atoms with Gasteiger partial charge in [-0.15, -0.1) is 0 Å². The van der Waals surface area contributed by atoms with Crippen LogP contribution in [0.15, 0.2) is 30.5 Å². The molecule has 1 aliphatic rings. The van der Waals surface area contributed by atoms with Gasteiger partial charge in [0.1, 0.15) is 5.78 Å². The number of carbonyl (C=O) groups excluding carboxylic acids is 1. The molecule has 3 nitrogen and oxygen atoms in total. The maximum Gasteiger partial charge on any atom is 0.142 e. The molecule has 1 fully saturated rings. The van der Waals surface area contributed by atoms with Crippen LogP contribution < -0.4 is 5.32 Å². The van der Waals surface area contributed by atoms with Crippen molar-refractivity contribution in [3.05, 3.63) is 36.0 Å². The SMILES string of the molecule is O=C1CCNCC1c1c[nH]c2ccccc12. The average Bonchev–Trinajstić information content (AvgIpc) is 2.74. The van der Waals surface area contributed by atoms with Gasteiger partial charge in [-0.25, -0.2) is 0 Å². The molecule has 0 saturated carbocycles. The van der Waals surface area contributed by atoms with Gasteiger partial charge in [0.15, 0.2) is 0 Å². The Balaban J connectivity index is 2.08. The van der Waals surface area contributed by atoms with E-state index in [0.29, 0.717) is 12.2 Å². The van der Waals surface area contributed by atoms with Crippen LogP contribution in [-0.4, -0.2) is 23.9 Å². The van der Waals surface area contributed by atoms with Gasteiger partial charge in [-0.2, -0.15) is 0 Å². The van der Waals surface area contributed by atoms with Crippen LogP contribution in [0.3, 0.4) is 0 Å². The largest absolute Gasteiger partial charge is 0.361 e. The summed E-state index contributed by atoms with van der Waals surface area (Å²) in [7, 11) is 0. The molecule has 2 N–H and O–H groups in total. The highest BCUT2D eigenvalue weighted by molar-refractivity contribution is 5.93. The monoisotopic (exact) mass is 214 g/mol. The Morgan fingerprint density at radius 1 is 1.25 bits per heavy atom. The molecule has 0 aliphatic carbocycles. The molecule has 2 aromatic rings. The average molecular weight is 214 g/mol. The van der Waals surface area contributed by atoms with Crippen LogP contribution in [0, 0.1) is 0 Å². The summed E-state index contributed by atoms with van der Waals surface area (Å²) in [4.78, 5) is 15.1. The molecule has 1 atom stereocenters. The van der Waals surface area contributed by atoms with Gasteiger partial charge in [0.05, 0.1) is 5.92 Å². The number of Topliss-reactive ketones (excluding diaryl/α,β-unsaturated/α-hetero) is 1. The Hall–Kier alpha value is -1.61. The summed E-state index contributed by atoms with van der Waals surface area (Å²) < 4.78 is 0. The number of piperidine rings is 1. The van der Waals surface area contributed by atoms with Crippen molar-refractivity contribution >= 4 is 16.7 Å². The minimum atomic E-state index is 0.0184. The summed E-state index contributed by atoms with van der Waals surface area (Å²) in [6.45, 7) is 1.58. The number of nitrogens with one attached hydrogen (secondary N) is 2. The molecule has 1 unspecified atom stereocenters. The maximum absolute atomic E-state index is 11.9. The third-order valence-corrected chi connectivity index (χ3v) is 3.28. The number of rotatable bonds is 1. The van der Waals surface area contributed by atoms with Gasteiger partial charge in [0.2, 0.25) is 0 Å². The Morgan fingerprint density at radius 3 is 3.00 bits per heavy atom. The highest BCUT2D eigenvalue weighted by atomic mass is 16.1. The van der Waals surface area contributed by atoms with Crippen molar-refractivity contribution in [1.82, 2.24) is 10.3 Å². The van der Waals surface area contributed by atoms with E-state index in [-0.39, 0.29) is 5.92 Å². The molecule has 0 bridgehead atoms. The number of para-hydroxylation sites is 1. The van der Waals surface area contributed by atoms with Crippen LogP contribution in [0.1, 0.15) is 17.9 Å². The molecule has 1 saturated heterocycles. The summed E-state index contributed by atoms with van der Waals surface area (Å²) >= 11 is 0. The second-order valence-corrected chi connectivity index (χ2v) is 4.26. The molecule has 0 amide bonds. The third kappa shape index (κ3) is 1.44. The smallest absolute Gasteiger partial charge is 0.142 e. The van der Waals surface area contributed by atoms with Gasteiger partial charge in [0, 0.05) is 36.6 Å². The topological polar surface area (TPSA) is 44.9 Å². The molecule has 3 rings (SSSR count). The molecule has 3 heteroatoms. The van der Waals surface area contributed by atoms with Gasteiger partial charge in [-0.1, -0.05) is 18.2 Å². The molecule has 82 valence electrons. The molecule has 1 aromatic carbocycles. The van der Waals surface area contributed by atoms with Crippen molar-refractivity contribution < 1.29 is 4.79 Å². The van der Waals surface area contributed by atoms with Crippen molar-refractivity contribution in [2.45, 2.75) is 12.3 Å². The molecular weight excluding hydrogens is 200 g/mol. The number of benzene rings is 1. The first kappa shape index (κ1) is 9.60. The Labute approximate surface area is 93.9 Å². The first-order valence-corrected chi connectivity index (χ1v) is 5.66. The maximum atomic E-state index is 11.9. The number of hydrogen-bond donors (Lipinski definition) is 2. The third-order valence-electron chi connectivity index (χ3n) is 3.28. The Bertz CT molecular complexity index is 529. The normalized spacial score (nSPS) is 21.5. The van der Waals surface area contributed by atoms with Crippen molar-refractivity contribution in [1.29, 1.82) is 0 Å². The fraction of sp³-hybridized carbons (Fsp3) is 0.308. The lowest BCUT2D eigenvalue weighted by Crippen LogP contribution is -2.35. The fourth-order valence-electron chi connectivity index (χ4n) is 2.41. The van der Waals surface area contributed by atoms with Crippen LogP contribution in [0.5, 0.6) is 0 Å². The van der Waals surface area contributed by atoms with E-state index in [1.165, 1.54) is 5.39 Å². The van der Waals surface area contributed by atoms with Crippen LogP contribution in [0.2, 0.25) is 0 Å². The Kier molecular flexibility index (Phi) is 2.26. The predicted molar refractivity (Wildman–Crippen MR) is 63.5 cm³/mol. The van der Waals surface area contributed by atoms with Crippen LogP contribution >= 0.6 is 0 Å². The lowest BCUT2D eigenvalue weighted by atomic mass is 9.90. The molecule has 1 aromatic heterocycles. The lowest BCUT2D eigenvalue weighted by molar-refractivity contribution is -0.121. The summed E-state index contributed by atoms with van der Waals surface area (Å²) in [5.74, 6) is 0.369. The lowest BCUT2D eigenvalue weighted by Gasteiger charge is -2.21. The summed E-state index contributed by atoms with van der Waals surface area (Å²) in [6, 6.07) is 8.13. The number of aromatic nitrogens is 1. The number of carbonyl (C=O) groups is 1. The summed E-state index contributed by atoms with van der Waals surface area (Å²) in [6.07, 6.45) is 2.62. The van der Waals surface area contributed by atoms with Gasteiger partial charge in [-0.05, 0) is 11.6 Å². The van der Waals surface area contributed by atoms with E-state index in [0.717, 1.165) is 24.2 Å². The second-order valence-electron chi connectivity index (χ2n) is 4.26. The first-order chi connectivity index (χ1) is 7.86. The number of aromatic amines is 1. The van der Waals surface area contributed by atoms with Crippen LogP contribution in [0.4, 0.5) is 0 Å². The zero-order valence-electron chi connectivity index (χ0n) is 8.99. The summed E-state index contributed by atoms with van der Waals surface area (Å²) in [5.41, 5.74) is 2.24. The quantitative estimate of drug-likeness (QED) is 0.760. The van der Waals surface area contributed by atoms with Crippen molar-refractivity contribution in [2.75, 3.05) is 13.1 Å². The molecular formula is C13H14N2O. The van der Waals surface area contributed by atoms with E-state index in [1.807, 2.05) is 24.4 Å². The minimum Gasteiger partial charge on any atom is -0.361 e. The first-order valence-electron chi connectivity index (χ1n) is 5.66. The Morgan fingerprint density at radius 2 is 2.12 bits per heavy atom. The zero-order valence-corrected chi connectivity index (χ0v) is 8.99. The molecule has 2 heterocycles. The zero-order chi connectivity index (χ0) is 11.0. The van der Waals surface area contributed by atoms with Crippen LogP contribution in [0.25, 0.3) is 10.9 Å². The molecule has 0 spiro atoms. The number of hydrogen-bond acceptors (Lipinski definition) is 2. The minimum absolute atomic E-state index is 0.0184. The number of ketones is 1. The van der Waals surface area contributed by atoms with Crippen molar-refractivity contribution in [3.8, 4) is 0 Å². The van der Waals surface area contributed by atoms with Crippen LogP contribution in [-0.2, 0) is 4.79 Å². The van der Waals surface area contributed by atoms with E-state index in [4.69, 9.17) is 0 Å². The molecule has 16 heavy (non-hydrogen) atoms. The molecule has 0 radical (unpaired) electrons. The van der Waals surface area contributed by atoms with E-state index in [9.17, 15) is 4.79 Å². The highest BCUT2D eigenvalue weighted by Gasteiger charge is 2.25. The van der Waals surface area contributed by atoms with E-state index >= 15 is 0 Å². The highest BCUT2D eigenvalue weighted by Crippen LogP contribution is 2.27. The number of H-pyrrole nitrogens is 1.